The van der Waals surface area contributed by atoms with Crippen molar-refractivity contribution in [3.05, 3.63) is 0 Å². The molecule has 2 aliphatic rings. The van der Waals surface area contributed by atoms with E-state index < -0.39 is 0 Å². The molecule has 80 valence electrons. The van der Waals surface area contributed by atoms with E-state index in [1.54, 1.807) is 23.9 Å². The highest BCUT2D eigenvalue weighted by molar-refractivity contribution is 5.85. The first-order valence-corrected chi connectivity index (χ1v) is 3.95. The fraction of sp³-hybridized carbons (Fsp3) is 0.667. The molecule has 0 aromatic heterocycles. The van der Waals surface area contributed by atoms with Gasteiger partial charge in [0.2, 0.25) is 5.96 Å². The normalized spacial score (nSPS) is 30.4. The van der Waals surface area contributed by atoms with Crippen LogP contribution in [0.2, 0.25) is 0 Å². The number of hydrazine groups is 1. The molecule has 2 unspecified atom stereocenters. The fourth-order valence-corrected chi connectivity index (χ4v) is 1.54. The number of urea groups is 1. The molecule has 2 rings (SSSR count). The number of halogens is 1. The van der Waals surface area contributed by atoms with Crippen LogP contribution >= 0.6 is 12.4 Å². The van der Waals surface area contributed by atoms with Crippen molar-refractivity contribution in [3.63, 3.8) is 0 Å². The van der Waals surface area contributed by atoms with Gasteiger partial charge in [0.15, 0.2) is 6.17 Å². The Morgan fingerprint density at radius 2 is 2.07 bits per heavy atom. The van der Waals surface area contributed by atoms with Crippen molar-refractivity contribution in [2.75, 3.05) is 14.1 Å². The van der Waals surface area contributed by atoms with Gasteiger partial charge in [0, 0.05) is 14.1 Å². The van der Waals surface area contributed by atoms with E-state index in [9.17, 15) is 4.79 Å². The molecule has 0 aromatic rings. The molecule has 8 heteroatoms. The molecule has 2 aliphatic heterocycles. The van der Waals surface area contributed by atoms with Crippen LogP contribution in [0.3, 0.4) is 0 Å². The molecule has 2 atom stereocenters. The highest BCUT2D eigenvalue weighted by Crippen LogP contribution is 2.19. The highest BCUT2D eigenvalue weighted by Gasteiger charge is 2.43. The lowest BCUT2D eigenvalue weighted by molar-refractivity contribution is 0.196. The Bertz CT molecular complexity index is 281. The van der Waals surface area contributed by atoms with Crippen molar-refractivity contribution in [3.8, 4) is 0 Å². The molecular formula is C6H13ClN6O. The van der Waals surface area contributed by atoms with E-state index in [1.807, 2.05) is 0 Å². The SMILES string of the molecule is CN1C(=O)N(C)C2NNC(N)=NC21.Cl. The highest BCUT2D eigenvalue weighted by atomic mass is 35.5. The first-order chi connectivity index (χ1) is 6.11. The van der Waals surface area contributed by atoms with Gasteiger partial charge >= 0.3 is 6.03 Å². The Kier molecular flexibility index (Phi) is 2.72. The Morgan fingerprint density at radius 3 is 2.71 bits per heavy atom. The molecule has 7 nitrogen and oxygen atoms in total. The van der Waals surface area contributed by atoms with Crippen molar-refractivity contribution < 1.29 is 4.79 Å². The van der Waals surface area contributed by atoms with Gasteiger partial charge in [-0.05, 0) is 0 Å². The predicted molar refractivity (Wildman–Crippen MR) is 53.6 cm³/mol. The zero-order chi connectivity index (χ0) is 9.59. The first-order valence-electron chi connectivity index (χ1n) is 3.95. The summed E-state index contributed by atoms with van der Waals surface area (Å²) in [5.74, 6) is 0.302. The monoisotopic (exact) mass is 220 g/mol. The second kappa shape index (κ2) is 3.50. The number of carbonyl (C=O) groups excluding carboxylic acids is 1. The van der Waals surface area contributed by atoms with Gasteiger partial charge in [-0.25, -0.2) is 15.2 Å². The topological polar surface area (TPSA) is 86.0 Å². The third-order valence-electron chi connectivity index (χ3n) is 2.32. The third-order valence-corrected chi connectivity index (χ3v) is 2.32. The van der Waals surface area contributed by atoms with E-state index in [-0.39, 0.29) is 30.8 Å². The Balaban J connectivity index is 0.000000980. The summed E-state index contributed by atoms with van der Waals surface area (Å²) in [5, 5.41) is 0. The summed E-state index contributed by atoms with van der Waals surface area (Å²) in [6.07, 6.45) is -0.386. The molecule has 0 aliphatic carbocycles. The quantitative estimate of drug-likeness (QED) is 0.463. The molecule has 2 amide bonds. The van der Waals surface area contributed by atoms with Gasteiger partial charge in [0.05, 0.1) is 0 Å². The van der Waals surface area contributed by atoms with Crippen LogP contribution in [0.4, 0.5) is 4.79 Å². The summed E-state index contributed by atoms with van der Waals surface area (Å²) in [6.45, 7) is 0. The maximum atomic E-state index is 11.5. The van der Waals surface area contributed by atoms with Crippen LogP contribution in [0.15, 0.2) is 4.99 Å². The van der Waals surface area contributed by atoms with E-state index in [2.05, 4.69) is 15.8 Å². The summed E-state index contributed by atoms with van der Waals surface area (Å²) in [4.78, 5) is 18.7. The third kappa shape index (κ3) is 1.34. The van der Waals surface area contributed by atoms with Crippen LogP contribution in [0, 0.1) is 0 Å². The molecule has 0 aromatic carbocycles. The van der Waals surface area contributed by atoms with Crippen molar-refractivity contribution in [1.29, 1.82) is 0 Å². The number of amides is 2. The Labute approximate surface area is 87.7 Å². The molecule has 0 saturated carbocycles. The molecule has 0 spiro atoms. The number of nitrogens with zero attached hydrogens (tertiary/aromatic N) is 3. The molecule has 1 fully saturated rings. The Hall–Kier alpha value is -1.21. The van der Waals surface area contributed by atoms with Crippen molar-refractivity contribution in [2.45, 2.75) is 12.3 Å². The summed E-state index contributed by atoms with van der Waals surface area (Å²) in [6, 6.07) is -0.0669. The lowest BCUT2D eigenvalue weighted by Crippen LogP contribution is -2.60. The van der Waals surface area contributed by atoms with Crippen LogP contribution in [-0.2, 0) is 0 Å². The molecule has 0 bridgehead atoms. The van der Waals surface area contributed by atoms with E-state index in [0.717, 1.165) is 0 Å². The second-order valence-electron chi connectivity index (χ2n) is 3.15. The minimum Gasteiger partial charge on any atom is -0.369 e. The predicted octanol–water partition coefficient (Wildman–Crippen LogP) is -1.52. The van der Waals surface area contributed by atoms with Crippen molar-refractivity contribution in [2.24, 2.45) is 10.7 Å². The molecule has 2 heterocycles. The molecular weight excluding hydrogens is 208 g/mol. The van der Waals surface area contributed by atoms with E-state index in [0.29, 0.717) is 5.96 Å². The van der Waals surface area contributed by atoms with Crippen LogP contribution < -0.4 is 16.6 Å². The summed E-state index contributed by atoms with van der Waals surface area (Å²) < 4.78 is 0. The molecule has 1 saturated heterocycles. The van der Waals surface area contributed by atoms with Crippen LogP contribution in [0.1, 0.15) is 0 Å². The minimum absolute atomic E-state index is 0. The number of likely N-dealkylation sites (N-methyl/N-ethyl adjacent to an activating group) is 2. The van der Waals surface area contributed by atoms with E-state index in [1.165, 1.54) is 0 Å². The number of nitrogens with two attached hydrogens (primary N) is 1. The fourth-order valence-electron chi connectivity index (χ4n) is 1.54. The largest absolute Gasteiger partial charge is 0.369 e. The van der Waals surface area contributed by atoms with Gasteiger partial charge in [-0.15, -0.1) is 12.4 Å². The Morgan fingerprint density at radius 1 is 1.43 bits per heavy atom. The first kappa shape index (κ1) is 10.9. The van der Waals surface area contributed by atoms with Gasteiger partial charge in [-0.3, -0.25) is 5.43 Å². The maximum Gasteiger partial charge on any atom is 0.322 e. The van der Waals surface area contributed by atoms with E-state index >= 15 is 0 Å². The molecule has 0 radical (unpaired) electrons. The van der Waals surface area contributed by atoms with Gasteiger partial charge < -0.3 is 15.5 Å². The van der Waals surface area contributed by atoms with E-state index in [4.69, 9.17) is 5.73 Å². The van der Waals surface area contributed by atoms with Crippen LogP contribution in [-0.4, -0.2) is 48.2 Å². The lowest BCUT2D eigenvalue weighted by Gasteiger charge is -2.28. The van der Waals surface area contributed by atoms with Gasteiger partial charge in [0.1, 0.15) is 6.17 Å². The number of rotatable bonds is 0. The van der Waals surface area contributed by atoms with Crippen LogP contribution in [0.5, 0.6) is 0 Å². The number of guanidine groups is 1. The maximum absolute atomic E-state index is 11.5. The number of fused-ring (bicyclic) bond motifs is 1. The van der Waals surface area contributed by atoms with Crippen molar-refractivity contribution in [1.82, 2.24) is 20.7 Å². The average Bonchev–Trinajstić information content (AvgIpc) is 2.32. The van der Waals surface area contributed by atoms with Gasteiger partial charge in [-0.1, -0.05) is 0 Å². The van der Waals surface area contributed by atoms with Crippen LogP contribution in [0.25, 0.3) is 0 Å². The summed E-state index contributed by atoms with van der Waals surface area (Å²) in [7, 11) is 3.42. The lowest BCUT2D eigenvalue weighted by atomic mass is 10.4. The number of nitrogens with one attached hydrogen (secondary N) is 2. The van der Waals surface area contributed by atoms with Gasteiger partial charge in [-0.2, -0.15) is 0 Å². The summed E-state index contributed by atoms with van der Waals surface area (Å²) >= 11 is 0. The number of aliphatic imine (C=N–C) groups is 1. The molecule has 14 heavy (non-hydrogen) atoms. The number of hydrogen-bond donors (Lipinski definition) is 3. The number of hydrogen-bond acceptors (Lipinski definition) is 5. The smallest absolute Gasteiger partial charge is 0.322 e. The summed E-state index contributed by atoms with van der Waals surface area (Å²) in [5.41, 5.74) is 11.0. The zero-order valence-electron chi connectivity index (χ0n) is 7.89. The minimum atomic E-state index is -0.237. The van der Waals surface area contributed by atoms with Gasteiger partial charge in [0.25, 0.3) is 0 Å². The van der Waals surface area contributed by atoms with Crippen molar-refractivity contribution >= 4 is 24.4 Å². The second-order valence-corrected chi connectivity index (χ2v) is 3.15. The molecule has 4 N–H and O–H groups in total. The standard InChI is InChI=1S/C6H12N6O.ClH/c1-11-3-4(12(2)6(11)13)9-10-5(7)8-3;/h3-4,9H,1-2H3,(H3,7,8,10);1H. The zero-order valence-corrected chi connectivity index (χ0v) is 8.71. The average molecular weight is 221 g/mol. The number of carbonyl (C=O) groups is 1.